The lowest BCUT2D eigenvalue weighted by Crippen LogP contribution is -2.46. The van der Waals surface area contributed by atoms with Crippen molar-refractivity contribution in [1.82, 2.24) is 5.32 Å². The van der Waals surface area contributed by atoms with Crippen LogP contribution in [0.15, 0.2) is 42.1 Å². The molecule has 0 aliphatic heterocycles. The zero-order chi connectivity index (χ0) is 13.6. The molecule has 4 heteroatoms. The van der Waals surface area contributed by atoms with E-state index in [1.54, 1.807) is 14.0 Å². The van der Waals surface area contributed by atoms with E-state index in [1.807, 2.05) is 37.3 Å². The van der Waals surface area contributed by atoms with E-state index in [0.717, 1.165) is 5.56 Å². The van der Waals surface area contributed by atoms with Gasteiger partial charge in [0.25, 0.3) is 0 Å². The van der Waals surface area contributed by atoms with Crippen LogP contribution in [0.3, 0.4) is 0 Å². The minimum absolute atomic E-state index is 0.429. The first-order valence-corrected chi connectivity index (χ1v) is 5.85. The Labute approximate surface area is 108 Å². The summed E-state index contributed by atoms with van der Waals surface area (Å²) in [5.74, 6) is -0.442. The highest BCUT2D eigenvalue weighted by atomic mass is 16.6. The van der Waals surface area contributed by atoms with E-state index in [1.165, 1.54) is 6.08 Å². The third-order valence-electron chi connectivity index (χ3n) is 2.58. The van der Waals surface area contributed by atoms with E-state index in [2.05, 4.69) is 5.32 Å². The Bertz CT molecular complexity index is 425. The Morgan fingerprint density at radius 3 is 2.56 bits per heavy atom. The van der Waals surface area contributed by atoms with Crippen molar-refractivity contribution in [2.24, 2.45) is 5.73 Å². The van der Waals surface area contributed by atoms with Crippen LogP contribution >= 0.6 is 0 Å². The molecule has 1 atom stereocenters. The van der Waals surface area contributed by atoms with Gasteiger partial charge in [0.15, 0.2) is 5.72 Å². The Balaban J connectivity index is 2.74. The molecule has 0 spiro atoms. The van der Waals surface area contributed by atoms with Crippen LogP contribution in [0, 0.1) is 0 Å². The average Bonchev–Trinajstić information content (AvgIpc) is 2.28. The first kappa shape index (κ1) is 14.3. The third-order valence-corrected chi connectivity index (χ3v) is 2.58. The minimum atomic E-state index is -0.746. The third kappa shape index (κ3) is 4.59. The first-order chi connectivity index (χ1) is 8.45. The first-order valence-electron chi connectivity index (χ1n) is 5.85. The number of ether oxygens (including phenoxy) is 1. The van der Waals surface area contributed by atoms with Gasteiger partial charge in [0.2, 0.25) is 0 Å². The van der Waals surface area contributed by atoms with Crippen molar-refractivity contribution >= 4 is 5.97 Å². The second-order valence-corrected chi connectivity index (χ2v) is 4.45. The highest BCUT2D eigenvalue weighted by Gasteiger charge is 2.26. The molecule has 0 heterocycles. The Hall–Kier alpha value is -1.81. The van der Waals surface area contributed by atoms with Crippen molar-refractivity contribution in [3.8, 4) is 0 Å². The summed E-state index contributed by atoms with van der Waals surface area (Å²) in [5, 5.41) is 3.02. The molecule has 0 aromatic heterocycles. The van der Waals surface area contributed by atoms with Gasteiger partial charge in [0, 0.05) is 18.2 Å². The highest BCUT2D eigenvalue weighted by Crippen LogP contribution is 2.15. The highest BCUT2D eigenvalue weighted by molar-refractivity contribution is 5.82. The van der Waals surface area contributed by atoms with Gasteiger partial charge < -0.3 is 10.5 Å². The number of rotatable bonds is 5. The van der Waals surface area contributed by atoms with Crippen molar-refractivity contribution < 1.29 is 9.53 Å². The molecule has 0 radical (unpaired) electrons. The fourth-order valence-corrected chi connectivity index (χ4v) is 1.60. The maximum absolute atomic E-state index is 11.6. The minimum Gasteiger partial charge on any atom is -0.441 e. The van der Waals surface area contributed by atoms with Crippen molar-refractivity contribution in [1.29, 1.82) is 0 Å². The SMILES string of the molecule is CNC(C)(Cc1ccccc1)OC(=O)/C=C(/C)N. The standard InChI is InChI=1S/C14H20N2O2/c1-11(15)9-13(17)18-14(2,16-3)10-12-7-5-4-6-8-12/h4-9,16H,10,15H2,1-3H3/b11-9-. The molecule has 0 saturated carbocycles. The predicted octanol–water partition coefficient (Wildman–Crippen LogP) is 1.57. The van der Waals surface area contributed by atoms with Crippen LogP contribution in [0.2, 0.25) is 0 Å². The van der Waals surface area contributed by atoms with E-state index in [0.29, 0.717) is 12.1 Å². The lowest BCUT2D eigenvalue weighted by molar-refractivity contribution is -0.154. The quantitative estimate of drug-likeness (QED) is 0.471. The van der Waals surface area contributed by atoms with E-state index in [9.17, 15) is 4.79 Å². The molecule has 0 aliphatic rings. The van der Waals surface area contributed by atoms with Gasteiger partial charge >= 0.3 is 5.97 Å². The van der Waals surface area contributed by atoms with Crippen LogP contribution in [0.4, 0.5) is 0 Å². The molecule has 1 aromatic carbocycles. The van der Waals surface area contributed by atoms with Crippen LogP contribution < -0.4 is 11.1 Å². The number of likely N-dealkylation sites (N-methyl/N-ethyl adjacent to an activating group) is 1. The summed E-state index contributed by atoms with van der Waals surface area (Å²) < 4.78 is 5.40. The largest absolute Gasteiger partial charge is 0.441 e. The van der Waals surface area contributed by atoms with Crippen LogP contribution in [0.1, 0.15) is 19.4 Å². The van der Waals surface area contributed by atoms with Crippen LogP contribution in [-0.4, -0.2) is 18.7 Å². The lowest BCUT2D eigenvalue weighted by Gasteiger charge is -2.28. The number of benzene rings is 1. The van der Waals surface area contributed by atoms with E-state index in [-0.39, 0.29) is 0 Å². The number of hydrogen-bond donors (Lipinski definition) is 2. The average molecular weight is 248 g/mol. The van der Waals surface area contributed by atoms with Crippen molar-refractivity contribution in [2.75, 3.05) is 7.05 Å². The van der Waals surface area contributed by atoms with Crippen LogP contribution in [0.25, 0.3) is 0 Å². The number of carbonyl (C=O) groups is 1. The van der Waals surface area contributed by atoms with Gasteiger partial charge in [0.1, 0.15) is 0 Å². The van der Waals surface area contributed by atoms with Gasteiger partial charge in [-0.1, -0.05) is 30.3 Å². The zero-order valence-electron chi connectivity index (χ0n) is 11.1. The Morgan fingerprint density at radius 2 is 2.06 bits per heavy atom. The molecule has 0 aliphatic carbocycles. The summed E-state index contributed by atoms with van der Waals surface area (Å²) in [6.07, 6.45) is 1.87. The summed E-state index contributed by atoms with van der Waals surface area (Å²) in [6.45, 7) is 3.48. The molecule has 0 bridgehead atoms. The van der Waals surface area contributed by atoms with E-state index >= 15 is 0 Å². The molecule has 3 N–H and O–H groups in total. The summed E-state index contributed by atoms with van der Waals surface area (Å²) in [6, 6.07) is 9.85. The van der Waals surface area contributed by atoms with Crippen LogP contribution in [-0.2, 0) is 16.0 Å². The summed E-state index contributed by atoms with van der Waals surface area (Å²) >= 11 is 0. The van der Waals surface area contributed by atoms with Gasteiger partial charge in [0.05, 0.1) is 0 Å². The van der Waals surface area contributed by atoms with Crippen molar-refractivity contribution in [2.45, 2.75) is 26.0 Å². The number of nitrogens with one attached hydrogen (secondary N) is 1. The molecule has 98 valence electrons. The molecule has 1 unspecified atom stereocenters. The molecule has 0 saturated heterocycles. The molecular weight excluding hydrogens is 228 g/mol. The Kier molecular flexibility index (Phi) is 4.92. The fraction of sp³-hybridized carbons (Fsp3) is 0.357. The summed E-state index contributed by atoms with van der Waals surface area (Å²) in [5.41, 5.74) is 6.22. The number of allylic oxidation sites excluding steroid dienone is 1. The number of carbonyl (C=O) groups excluding carboxylic acids is 1. The molecular formula is C14H20N2O2. The predicted molar refractivity (Wildman–Crippen MR) is 71.6 cm³/mol. The molecule has 18 heavy (non-hydrogen) atoms. The van der Waals surface area contributed by atoms with Crippen molar-refractivity contribution in [3.05, 3.63) is 47.7 Å². The summed E-state index contributed by atoms with van der Waals surface area (Å²) in [4.78, 5) is 11.6. The monoisotopic (exact) mass is 248 g/mol. The van der Waals surface area contributed by atoms with Gasteiger partial charge in [-0.3, -0.25) is 5.32 Å². The molecule has 1 aromatic rings. The van der Waals surface area contributed by atoms with Crippen LogP contribution in [0.5, 0.6) is 0 Å². The molecule has 4 nitrogen and oxygen atoms in total. The smallest absolute Gasteiger partial charge is 0.334 e. The maximum Gasteiger partial charge on any atom is 0.334 e. The number of esters is 1. The molecule has 0 amide bonds. The van der Waals surface area contributed by atoms with E-state index < -0.39 is 11.7 Å². The second kappa shape index (κ2) is 6.21. The normalized spacial score (nSPS) is 14.9. The number of hydrogen-bond acceptors (Lipinski definition) is 4. The number of nitrogens with two attached hydrogens (primary N) is 1. The van der Waals surface area contributed by atoms with Gasteiger partial charge in [-0.25, -0.2) is 4.79 Å². The summed E-state index contributed by atoms with van der Waals surface area (Å²) in [7, 11) is 1.76. The van der Waals surface area contributed by atoms with E-state index in [4.69, 9.17) is 10.5 Å². The molecule has 0 fully saturated rings. The van der Waals surface area contributed by atoms with Gasteiger partial charge in [-0.15, -0.1) is 0 Å². The Morgan fingerprint density at radius 1 is 1.44 bits per heavy atom. The maximum atomic E-state index is 11.6. The van der Waals surface area contributed by atoms with Crippen molar-refractivity contribution in [3.63, 3.8) is 0 Å². The topological polar surface area (TPSA) is 64.3 Å². The van der Waals surface area contributed by atoms with Gasteiger partial charge in [-0.05, 0) is 26.5 Å². The fourth-order valence-electron chi connectivity index (χ4n) is 1.60. The lowest BCUT2D eigenvalue weighted by atomic mass is 10.0. The zero-order valence-corrected chi connectivity index (χ0v) is 11.1. The second-order valence-electron chi connectivity index (χ2n) is 4.45. The molecule has 1 rings (SSSR count). The van der Waals surface area contributed by atoms with Gasteiger partial charge in [-0.2, -0.15) is 0 Å².